The highest BCUT2D eigenvalue weighted by atomic mass is 35.5. The highest BCUT2D eigenvalue weighted by molar-refractivity contribution is 6.31. The van der Waals surface area contributed by atoms with E-state index >= 15 is 0 Å². The molecule has 1 heterocycles. The number of halogens is 3. The summed E-state index contributed by atoms with van der Waals surface area (Å²) in [4.78, 5) is 14.6. The number of nitrogens with one attached hydrogen (secondary N) is 1. The van der Waals surface area contributed by atoms with Crippen molar-refractivity contribution in [1.29, 1.82) is 0 Å². The molecule has 3 rings (SSSR count). The van der Waals surface area contributed by atoms with Crippen LogP contribution in [-0.4, -0.2) is 31.1 Å². The van der Waals surface area contributed by atoms with Gasteiger partial charge in [-0.1, -0.05) is 24.6 Å². The number of nitrogens with zero attached hydrogens (tertiary/aromatic N) is 1. The van der Waals surface area contributed by atoms with E-state index in [0.29, 0.717) is 28.4 Å². The van der Waals surface area contributed by atoms with Crippen LogP contribution in [-0.2, 0) is 0 Å². The summed E-state index contributed by atoms with van der Waals surface area (Å²) in [5.41, 5.74) is 1.71. The van der Waals surface area contributed by atoms with Crippen molar-refractivity contribution in [3.8, 4) is 11.5 Å². The Bertz CT molecular complexity index is 848. The summed E-state index contributed by atoms with van der Waals surface area (Å²) in [5.74, 6) is -0.0568. The number of amides is 1. The molecule has 5 nitrogen and oxygen atoms in total. The Balaban J connectivity index is 2.04. The lowest BCUT2D eigenvalue weighted by atomic mass is 10.0. The van der Waals surface area contributed by atoms with Gasteiger partial charge in [0.05, 0.1) is 18.4 Å². The SMILES string of the molecule is CCCN1C(=O)c2ccc(Cl)cc2NC1c1ccc(OC)c(OC(F)F)c1. The van der Waals surface area contributed by atoms with Crippen LogP contribution in [0.5, 0.6) is 11.5 Å². The van der Waals surface area contributed by atoms with Gasteiger partial charge in [-0.2, -0.15) is 8.78 Å². The number of anilines is 1. The summed E-state index contributed by atoms with van der Waals surface area (Å²) in [6.45, 7) is -0.530. The zero-order valence-electron chi connectivity index (χ0n) is 14.8. The van der Waals surface area contributed by atoms with E-state index in [9.17, 15) is 13.6 Å². The van der Waals surface area contributed by atoms with Crippen molar-refractivity contribution in [3.63, 3.8) is 0 Å². The van der Waals surface area contributed by atoms with Crippen molar-refractivity contribution in [1.82, 2.24) is 4.90 Å². The lowest BCUT2D eigenvalue weighted by Gasteiger charge is -2.38. The standard InChI is InChI=1S/C19H19ClF2N2O3/c1-3-8-24-17(23-14-10-12(20)5-6-13(14)18(24)25)11-4-7-15(26-2)16(9-11)27-19(21)22/h4-7,9-10,17,19,23H,3,8H2,1-2H3. The van der Waals surface area contributed by atoms with Gasteiger partial charge in [0.15, 0.2) is 11.5 Å². The van der Waals surface area contributed by atoms with E-state index in [0.717, 1.165) is 6.42 Å². The van der Waals surface area contributed by atoms with Crippen LogP contribution in [0.15, 0.2) is 36.4 Å². The lowest BCUT2D eigenvalue weighted by Crippen LogP contribution is -2.43. The predicted molar refractivity (Wildman–Crippen MR) is 98.8 cm³/mol. The minimum absolute atomic E-state index is 0.0902. The molecule has 1 amide bonds. The third-order valence-electron chi connectivity index (χ3n) is 4.26. The maximum Gasteiger partial charge on any atom is 0.387 e. The Morgan fingerprint density at radius 2 is 2.00 bits per heavy atom. The van der Waals surface area contributed by atoms with E-state index in [1.807, 2.05) is 6.92 Å². The van der Waals surface area contributed by atoms with Crippen LogP contribution in [0.2, 0.25) is 5.02 Å². The van der Waals surface area contributed by atoms with Crippen LogP contribution in [0, 0.1) is 0 Å². The maximum atomic E-state index is 13.0. The number of alkyl halides is 2. The Hall–Kier alpha value is -2.54. The Morgan fingerprint density at radius 3 is 2.67 bits per heavy atom. The monoisotopic (exact) mass is 396 g/mol. The molecule has 0 saturated carbocycles. The summed E-state index contributed by atoms with van der Waals surface area (Å²) in [6, 6.07) is 9.70. The molecule has 144 valence electrons. The zero-order valence-corrected chi connectivity index (χ0v) is 15.6. The molecule has 0 bridgehead atoms. The first kappa shape index (κ1) is 19.2. The average molecular weight is 397 g/mol. The van der Waals surface area contributed by atoms with Crippen LogP contribution in [0.1, 0.15) is 35.4 Å². The van der Waals surface area contributed by atoms with Gasteiger partial charge in [-0.25, -0.2) is 0 Å². The molecule has 2 aromatic carbocycles. The second-order valence-corrected chi connectivity index (χ2v) is 6.46. The van der Waals surface area contributed by atoms with E-state index in [1.54, 1.807) is 29.2 Å². The zero-order chi connectivity index (χ0) is 19.6. The molecular weight excluding hydrogens is 378 g/mol. The number of hydrogen-bond donors (Lipinski definition) is 1. The third-order valence-corrected chi connectivity index (χ3v) is 4.50. The Kier molecular flexibility index (Phi) is 5.70. The predicted octanol–water partition coefficient (Wildman–Crippen LogP) is 4.93. The minimum Gasteiger partial charge on any atom is -0.493 e. The summed E-state index contributed by atoms with van der Waals surface area (Å²) < 4.78 is 35.1. The van der Waals surface area contributed by atoms with Gasteiger partial charge in [-0.05, 0) is 42.3 Å². The van der Waals surface area contributed by atoms with E-state index in [-0.39, 0.29) is 17.4 Å². The van der Waals surface area contributed by atoms with Crippen molar-refractivity contribution < 1.29 is 23.0 Å². The highest BCUT2D eigenvalue weighted by Crippen LogP contribution is 2.38. The van der Waals surface area contributed by atoms with Gasteiger partial charge < -0.3 is 19.7 Å². The number of ether oxygens (including phenoxy) is 2. The van der Waals surface area contributed by atoms with Gasteiger partial charge in [-0.3, -0.25) is 4.79 Å². The Morgan fingerprint density at radius 1 is 1.22 bits per heavy atom. The van der Waals surface area contributed by atoms with Crippen molar-refractivity contribution >= 4 is 23.2 Å². The average Bonchev–Trinajstić information content (AvgIpc) is 2.63. The molecule has 0 spiro atoms. The van der Waals surface area contributed by atoms with Crippen molar-refractivity contribution in [2.75, 3.05) is 19.0 Å². The van der Waals surface area contributed by atoms with Crippen molar-refractivity contribution in [3.05, 3.63) is 52.5 Å². The largest absolute Gasteiger partial charge is 0.493 e. The number of fused-ring (bicyclic) bond motifs is 1. The molecule has 1 atom stereocenters. The van der Waals surface area contributed by atoms with Crippen LogP contribution in [0.25, 0.3) is 0 Å². The van der Waals surface area contributed by atoms with Crippen LogP contribution in [0.4, 0.5) is 14.5 Å². The first-order valence-corrected chi connectivity index (χ1v) is 8.82. The molecule has 0 aromatic heterocycles. The van der Waals surface area contributed by atoms with Crippen LogP contribution < -0.4 is 14.8 Å². The first-order chi connectivity index (χ1) is 12.9. The quantitative estimate of drug-likeness (QED) is 0.752. The molecule has 0 fully saturated rings. The number of carbonyl (C=O) groups is 1. The first-order valence-electron chi connectivity index (χ1n) is 8.44. The summed E-state index contributed by atoms with van der Waals surface area (Å²) in [7, 11) is 1.37. The van der Waals surface area contributed by atoms with Crippen LogP contribution >= 0.6 is 11.6 Å². The molecule has 0 saturated heterocycles. The number of carbonyl (C=O) groups excluding carboxylic acids is 1. The normalized spacial score (nSPS) is 16.1. The Labute approximate surface area is 160 Å². The molecule has 1 aliphatic rings. The summed E-state index contributed by atoms with van der Waals surface area (Å²) >= 11 is 6.05. The molecule has 1 aliphatic heterocycles. The molecule has 8 heteroatoms. The van der Waals surface area contributed by atoms with Gasteiger partial charge in [0.2, 0.25) is 0 Å². The minimum atomic E-state index is -2.98. The maximum absolute atomic E-state index is 13.0. The highest BCUT2D eigenvalue weighted by Gasteiger charge is 2.33. The van der Waals surface area contributed by atoms with Gasteiger partial charge >= 0.3 is 6.61 Å². The van der Waals surface area contributed by atoms with Crippen molar-refractivity contribution in [2.45, 2.75) is 26.1 Å². The number of benzene rings is 2. The van der Waals surface area contributed by atoms with Gasteiger partial charge in [0.25, 0.3) is 5.91 Å². The topological polar surface area (TPSA) is 50.8 Å². The molecule has 1 N–H and O–H groups in total. The van der Waals surface area contributed by atoms with E-state index in [1.165, 1.54) is 19.2 Å². The number of hydrogen-bond acceptors (Lipinski definition) is 4. The fraction of sp³-hybridized carbons (Fsp3) is 0.316. The summed E-state index contributed by atoms with van der Waals surface area (Å²) in [6.07, 6.45) is 0.193. The second-order valence-electron chi connectivity index (χ2n) is 6.02. The van der Waals surface area contributed by atoms with E-state index < -0.39 is 12.8 Å². The van der Waals surface area contributed by atoms with E-state index in [2.05, 4.69) is 10.1 Å². The number of rotatable bonds is 6. The molecule has 1 unspecified atom stereocenters. The molecule has 0 radical (unpaired) electrons. The summed E-state index contributed by atoms with van der Waals surface area (Å²) in [5, 5.41) is 3.77. The van der Waals surface area contributed by atoms with Gasteiger partial charge in [0, 0.05) is 11.6 Å². The van der Waals surface area contributed by atoms with Gasteiger partial charge in [0.1, 0.15) is 6.17 Å². The van der Waals surface area contributed by atoms with Crippen molar-refractivity contribution in [2.24, 2.45) is 0 Å². The molecule has 27 heavy (non-hydrogen) atoms. The molecule has 2 aromatic rings. The number of methoxy groups -OCH3 is 1. The van der Waals surface area contributed by atoms with E-state index in [4.69, 9.17) is 16.3 Å². The van der Waals surface area contributed by atoms with Crippen LogP contribution in [0.3, 0.4) is 0 Å². The third kappa shape index (κ3) is 3.93. The lowest BCUT2D eigenvalue weighted by molar-refractivity contribution is -0.0513. The second kappa shape index (κ2) is 8.00. The van der Waals surface area contributed by atoms with Gasteiger partial charge in [-0.15, -0.1) is 0 Å². The molecular formula is C19H19ClF2N2O3. The fourth-order valence-corrected chi connectivity index (χ4v) is 3.28. The fourth-order valence-electron chi connectivity index (χ4n) is 3.11. The molecule has 0 aliphatic carbocycles. The smallest absolute Gasteiger partial charge is 0.387 e.